The fraction of sp³-hybridized carbons (Fsp3) is 1.00. The normalized spacial score (nSPS) is 15.1. The van der Waals surface area contributed by atoms with Crippen molar-refractivity contribution in [3.05, 3.63) is 0 Å². The first kappa shape index (κ1) is 16.4. The monoisotopic (exact) mass is 324 g/mol. The van der Waals surface area contributed by atoms with Gasteiger partial charge in [0.15, 0.2) is 0 Å². The van der Waals surface area contributed by atoms with Crippen LogP contribution in [0.2, 0.25) is 0 Å². The van der Waals surface area contributed by atoms with Gasteiger partial charge in [0.1, 0.15) is 0 Å². The van der Waals surface area contributed by atoms with Gasteiger partial charge in [0.25, 0.3) is 0 Å². The second-order valence-corrected chi connectivity index (χ2v) is 5.82. The molecule has 0 aliphatic rings. The van der Waals surface area contributed by atoms with Gasteiger partial charge < -0.3 is 14.2 Å². The second-order valence-electron chi connectivity index (χ2n) is 3.01. The smallest absolute Gasteiger partial charge is 0.392 e. The molecule has 98 valence electrons. The van der Waals surface area contributed by atoms with Gasteiger partial charge in [-0.15, -0.1) is 0 Å². The lowest BCUT2D eigenvalue weighted by atomic mass is 10.3. The van der Waals surface area contributed by atoms with E-state index in [1.807, 2.05) is 0 Å². The lowest BCUT2D eigenvalue weighted by Crippen LogP contribution is -2.27. The zero-order valence-corrected chi connectivity index (χ0v) is 11.6. The van der Waals surface area contributed by atoms with Gasteiger partial charge in [-0.3, -0.25) is 4.57 Å². The molecule has 1 atom stereocenters. The second kappa shape index (κ2) is 7.01. The lowest BCUT2D eigenvalue weighted by molar-refractivity contribution is -0.000236. The molecule has 0 spiro atoms. The Morgan fingerprint density at radius 2 is 1.81 bits per heavy atom. The van der Waals surface area contributed by atoms with Crippen LogP contribution >= 0.6 is 23.5 Å². The van der Waals surface area contributed by atoms with E-state index in [0.29, 0.717) is 0 Å². The maximum Gasteiger partial charge on any atom is 0.399 e. The van der Waals surface area contributed by atoms with Crippen LogP contribution in [0.5, 0.6) is 0 Å². The van der Waals surface area contributed by atoms with Gasteiger partial charge in [-0.25, -0.2) is 0 Å². The molecule has 8 heteroatoms. The predicted molar refractivity (Wildman–Crippen MR) is 60.2 cm³/mol. The summed E-state index contributed by atoms with van der Waals surface area (Å²) in [6.07, 6.45) is -2.26. The van der Waals surface area contributed by atoms with Crippen LogP contribution in [0.3, 0.4) is 0 Å². The largest absolute Gasteiger partial charge is 0.399 e. The fourth-order valence-electron chi connectivity index (χ4n) is 1.02. The zero-order valence-electron chi connectivity index (χ0n) is 9.16. The molecule has 16 heavy (non-hydrogen) atoms. The molecule has 0 aromatic heterocycles. The Hall–Kier alpha value is 0.450. The molecule has 0 saturated heterocycles. The molecule has 0 bridgehead atoms. The summed E-state index contributed by atoms with van der Waals surface area (Å²) < 4.78 is 48.0. The van der Waals surface area contributed by atoms with Crippen LogP contribution in [0.15, 0.2) is 0 Å². The van der Waals surface area contributed by atoms with Gasteiger partial charge in [-0.1, -0.05) is 15.9 Å². The molecule has 0 aromatic carbocycles. The van der Waals surface area contributed by atoms with Gasteiger partial charge in [-0.2, -0.15) is 8.78 Å². The maximum absolute atomic E-state index is 13.6. The van der Waals surface area contributed by atoms with Crippen molar-refractivity contribution in [2.24, 2.45) is 0 Å². The van der Waals surface area contributed by atoms with Gasteiger partial charge in [0.05, 0.1) is 25.7 Å². The van der Waals surface area contributed by atoms with E-state index in [1.165, 1.54) is 13.8 Å². The van der Waals surface area contributed by atoms with Gasteiger partial charge in [0, 0.05) is 5.33 Å². The summed E-state index contributed by atoms with van der Waals surface area (Å²) in [5, 5.41) is 9.11. The molecule has 0 aliphatic carbocycles. The van der Waals surface area contributed by atoms with E-state index < -0.39 is 25.8 Å². The third-order valence-corrected chi connectivity index (χ3v) is 4.59. The Morgan fingerprint density at radius 1 is 1.38 bits per heavy atom. The average Bonchev–Trinajstić information content (AvgIpc) is 2.17. The molecule has 4 nitrogen and oxygen atoms in total. The molecule has 0 aromatic rings. The first-order valence-electron chi connectivity index (χ1n) is 4.84. The highest BCUT2D eigenvalue weighted by atomic mass is 79.9. The maximum atomic E-state index is 13.6. The van der Waals surface area contributed by atoms with Crippen LogP contribution in [0.1, 0.15) is 20.3 Å². The summed E-state index contributed by atoms with van der Waals surface area (Å²) in [4.78, 5) is 0. The van der Waals surface area contributed by atoms with Gasteiger partial charge >= 0.3 is 13.3 Å². The van der Waals surface area contributed by atoms with Crippen LogP contribution in [-0.4, -0.2) is 35.4 Å². The number of aliphatic hydroxyl groups excluding tert-OH is 1. The third kappa shape index (κ3) is 4.37. The highest BCUT2D eigenvalue weighted by Gasteiger charge is 2.53. The lowest BCUT2D eigenvalue weighted by Gasteiger charge is -2.26. The van der Waals surface area contributed by atoms with E-state index in [-0.39, 0.29) is 18.5 Å². The summed E-state index contributed by atoms with van der Waals surface area (Å²) in [6, 6.07) is 0. The Morgan fingerprint density at radius 3 is 2.12 bits per heavy atom. The summed E-state index contributed by atoms with van der Waals surface area (Å²) in [7, 11) is -4.50. The molecule has 0 saturated carbocycles. The van der Waals surface area contributed by atoms with E-state index >= 15 is 0 Å². The minimum absolute atomic E-state index is 0.0269. The van der Waals surface area contributed by atoms with Crippen molar-refractivity contribution in [2.75, 3.05) is 18.5 Å². The van der Waals surface area contributed by atoms with Gasteiger partial charge in [-0.05, 0) is 13.8 Å². The van der Waals surface area contributed by atoms with Crippen molar-refractivity contribution in [3.8, 4) is 0 Å². The Kier molecular flexibility index (Phi) is 7.21. The van der Waals surface area contributed by atoms with Crippen molar-refractivity contribution >= 4 is 23.5 Å². The molecular formula is C8H16BrF2O4P. The number of halogens is 3. The molecule has 0 fully saturated rings. The minimum Gasteiger partial charge on any atom is -0.392 e. The minimum atomic E-state index is -4.50. The van der Waals surface area contributed by atoms with Crippen molar-refractivity contribution in [1.29, 1.82) is 0 Å². The van der Waals surface area contributed by atoms with Crippen LogP contribution in [0, 0.1) is 0 Å². The summed E-state index contributed by atoms with van der Waals surface area (Å²) in [5.74, 6) is 0. The van der Waals surface area contributed by atoms with Crippen LogP contribution in [0.4, 0.5) is 8.78 Å². The molecule has 0 amide bonds. The van der Waals surface area contributed by atoms with Crippen molar-refractivity contribution in [2.45, 2.75) is 32.0 Å². The molecule has 0 radical (unpaired) electrons. The van der Waals surface area contributed by atoms with Crippen molar-refractivity contribution in [1.82, 2.24) is 0 Å². The van der Waals surface area contributed by atoms with E-state index in [0.717, 1.165) is 0 Å². The fourth-order valence-corrected chi connectivity index (χ4v) is 2.81. The van der Waals surface area contributed by atoms with Crippen molar-refractivity contribution < 1.29 is 27.5 Å². The highest BCUT2D eigenvalue weighted by Crippen LogP contribution is 2.63. The summed E-state index contributed by atoms with van der Waals surface area (Å²) in [5.41, 5.74) is -3.69. The number of aliphatic hydroxyl groups is 1. The topological polar surface area (TPSA) is 55.8 Å². The van der Waals surface area contributed by atoms with Crippen LogP contribution in [-0.2, 0) is 13.6 Å². The van der Waals surface area contributed by atoms with Crippen LogP contribution < -0.4 is 0 Å². The molecule has 0 heterocycles. The SMILES string of the molecule is CCOP(=O)(OCC)C(F)(F)CC(O)CBr. The first-order chi connectivity index (χ1) is 7.33. The third-order valence-electron chi connectivity index (χ3n) is 1.66. The standard InChI is InChI=1S/C8H16BrF2O4P/c1-3-14-16(13,15-4-2)8(10,11)5-7(12)6-9/h7,12H,3-6H2,1-2H3. The molecule has 0 aliphatic heterocycles. The quantitative estimate of drug-likeness (QED) is 0.551. The zero-order chi connectivity index (χ0) is 12.8. The van der Waals surface area contributed by atoms with Crippen LogP contribution in [0.25, 0.3) is 0 Å². The van der Waals surface area contributed by atoms with Crippen molar-refractivity contribution in [3.63, 3.8) is 0 Å². The Bertz CT molecular complexity index is 242. The number of hydrogen-bond donors (Lipinski definition) is 1. The van der Waals surface area contributed by atoms with E-state index in [9.17, 15) is 13.3 Å². The predicted octanol–water partition coefficient (Wildman–Crippen LogP) is 2.99. The average molecular weight is 325 g/mol. The van der Waals surface area contributed by atoms with E-state index in [4.69, 9.17) is 5.11 Å². The molecule has 1 unspecified atom stereocenters. The molecule has 0 rings (SSSR count). The summed E-state index contributed by atoms with van der Waals surface area (Å²) in [6.45, 7) is 2.61. The number of hydrogen-bond acceptors (Lipinski definition) is 4. The summed E-state index contributed by atoms with van der Waals surface area (Å²) >= 11 is 2.86. The number of alkyl halides is 3. The molecular weight excluding hydrogens is 309 g/mol. The highest BCUT2D eigenvalue weighted by molar-refractivity contribution is 9.09. The first-order valence-corrected chi connectivity index (χ1v) is 7.50. The molecule has 1 N–H and O–H groups in total. The van der Waals surface area contributed by atoms with E-state index in [2.05, 4.69) is 25.0 Å². The Balaban J connectivity index is 4.81. The Labute approximate surface area is 102 Å². The van der Waals surface area contributed by atoms with E-state index in [1.54, 1.807) is 0 Å². The number of rotatable bonds is 8. The van der Waals surface area contributed by atoms with Gasteiger partial charge in [0.2, 0.25) is 0 Å².